The van der Waals surface area contributed by atoms with Gasteiger partial charge < -0.3 is 15.5 Å². The highest BCUT2D eigenvalue weighted by Gasteiger charge is 2.36. The van der Waals surface area contributed by atoms with Crippen LogP contribution in [-0.4, -0.2) is 52.2 Å². The number of carbonyl (C=O) groups excluding carboxylic acids is 1. The van der Waals surface area contributed by atoms with Crippen molar-refractivity contribution in [3.05, 3.63) is 42.0 Å². The van der Waals surface area contributed by atoms with Crippen molar-refractivity contribution in [3.63, 3.8) is 0 Å². The van der Waals surface area contributed by atoms with Crippen molar-refractivity contribution in [1.29, 1.82) is 0 Å². The highest BCUT2D eigenvalue weighted by molar-refractivity contribution is 5.91. The number of amides is 2. The highest BCUT2D eigenvalue weighted by atomic mass is 19.4. The molecule has 174 valence electrons. The molecule has 1 aliphatic heterocycles. The fraction of sp³-hybridized carbons (Fsp3) is 0.364. The van der Waals surface area contributed by atoms with Crippen LogP contribution < -0.4 is 10.6 Å². The number of anilines is 2. The summed E-state index contributed by atoms with van der Waals surface area (Å²) in [6.07, 6.45) is -1.73. The van der Waals surface area contributed by atoms with E-state index >= 15 is 0 Å². The molecule has 0 aliphatic carbocycles. The molecule has 11 heteroatoms. The summed E-state index contributed by atoms with van der Waals surface area (Å²) < 4.78 is 52.5. The molecule has 2 aromatic heterocycles. The molecule has 33 heavy (non-hydrogen) atoms. The first-order valence-corrected chi connectivity index (χ1v) is 10.4. The molecule has 7 nitrogen and oxygen atoms in total. The third-order valence-corrected chi connectivity index (χ3v) is 5.62. The summed E-state index contributed by atoms with van der Waals surface area (Å²) in [6, 6.07) is 3.98. The quantitative estimate of drug-likeness (QED) is 0.534. The average Bonchev–Trinajstić information content (AvgIpc) is 3.21. The van der Waals surface area contributed by atoms with Crippen LogP contribution in [0.15, 0.2) is 30.6 Å². The van der Waals surface area contributed by atoms with Gasteiger partial charge in [-0.25, -0.2) is 19.2 Å². The van der Waals surface area contributed by atoms with E-state index in [-0.39, 0.29) is 25.2 Å². The van der Waals surface area contributed by atoms with Crippen molar-refractivity contribution in [2.45, 2.75) is 25.9 Å². The molecule has 1 aromatic carbocycles. The molecule has 2 amide bonds. The SMILES string of the molecule is CNc1ncc2cc(-c3cc(NC(=O)N4CC[C@@H](CC(F)(F)F)C4)c(F)cc3C)cnc2n1. The fourth-order valence-corrected chi connectivity index (χ4v) is 3.98. The first-order valence-electron chi connectivity index (χ1n) is 10.4. The zero-order chi connectivity index (χ0) is 23.8. The van der Waals surface area contributed by atoms with E-state index in [1.54, 1.807) is 26.4 Å². The maximum Gasteiger partial charge on any atom is 0.389 e. The van der Waals surface area contributed by atoms with Crippen LogP contribution in [0.1, 0.15) is 18.4 Å². The maximum absolute atomic E-state index is 14.6. The van der Waals surface area contributed by atoms with E-state index in [1.807, 2.05) is 6.07 Å². The Morgan fingerprint density at radius 1 is 1.21 bits per heavy atom. The molecule has 3 heterocycles. The summed E-state index contributed by atoms with van der Waals surface area (Å²) in [5.74, 6) is -0.847. The molecule has 2 N–H and O–H groups in total. The number of pyridine rings is 1. The van der Waals surface area contributed by atoms with Gasteiger partial charge in [0.25, 0.3) is 0 Å². The molecule has 0 unspecified atom stereocenters. The Hall–Kier alpha value is -3.50. The van der Waals surface area contributed by atoms with Crippen LogP contribution in [0.5, 0.6) is 0 Å². The van der Waals surface area contributed by atoms with Crippen LogP contribution in [0, 0.1) is 18.7 Å². The lowest BCUT2D eigenvalue weighted by molar-refractivity contribution is -0.143. The molecular weight excluding hydrogens is 440 g/mol. The first-order chi connectivity index (χ1) is 15.6. The Labute approximate surface area is 187 Å². The summed E-state index contributed by atoms with van der Waals surface area (Å²) in [5, 5.41) is 6.03. The lowest BCUT2D eigenvalue weighted by Crippen LogP contribution is -2.33. The molecule has 1 saturated heterocycles. The molecule has 0 saturated carbocycles. The summed E-state index contributed by atoms with van der Waals surface area (Å²) in [4.78, 5) is 26.6. The van der Waals surface area contributed by atoms with E-state index < -0.39 is 30.4 Å². The summed E-state index contributed by atoms with van der Waals surface area (Å²) in [5.41, 5.74) is 2.40. The lowest BCUT2D eigenvalue weighted by atomic mass is 10.0. The number of carbonyl (C=O) groups is 1. The van der Waals surface area contributed by atoms with Gasteiger partial charge in [-0.1, -0.05) is 0 Å². The number of halogens is 4. The first kappa shape index (κ1) is 22.7. The second-order valence-corrected chi connectivity index (χ2v) is 8.08. The number of hydrogen-bond donors (Lipinski definition) is 2. The average molecular weight is 462 g/mol. The third kappa shape index (κ3) is 5.12. The normalized spacial score (nSPS) is 16.3. The standard InChI is InChI=1S/C22H22F4N6O/c1-12-5-17(23)18(30-21(33)32-4-3-13(11-32)8-22(24,25)26)7-16(12)14-6-15-10-29-20(27-2)31-19(15)28-9-14/h5-7,9-10,13H,3-4,8,11H2,1-2H3,(H,30,33)(H,27,28,29,31)/t13-/m0/s1. The van der Waals surface area contributed by atoms with Gasteiger partial charge in [0.1, 0.15) is 5.82 Å². The van der Waals surface area contributed by atoms with Crippen molar-refractivity contribution < 1.29 is 22.4 Å². The van der Waals surface area contributed by atoms with Crippen molar-refractivity contribution in [2.24, 2.45) is 5.92 Å². The number of urea groups is 1. The molecule has 1 fully saturated rings. The second kappa shape index (κ2) is 8.80. The zero-order valence-corrected chi connectivity index (χ0v) is 18.0. The largest absolute Gasteiger partial charge is 0.389 e. The topological polar surface area (TPSA) is 83.0 Å². The van der Waals surface area contributed by atoms with Crippen molar-refractivity contribution in [1.82, 2.24) is 19.9 Å². The molecular formula is C22H22F4N6O. The minimum atomic E-state index is -4.28. The van der Waals surface area contributed by atoms with Crippen molar-refractivity contribution in [3.8, 4) is 11.1 Å². The lowest BCUT2D eigenvalue weighted by Gasteiger charge is -2.19. The molecule has 1 aliphatic rings. The monoisotopic (exact) mass is 462 g/mol. The van der Waals surface area contributed by atoms with Gasteiger partial charge in [0.05, 0.1) is 5.69 Å². The van der Waals surface area contributed by atoms with E-state index in [0.29, 0.717) is 33.7 Å². The molecule has 0 bridgehead atoms. The number of hydrogen-bond acceptors (Lipinski definition) is 5. The van der Waals surface area contributed by atoms with Gasteiger partial charge in [0.2, 0.25) is 5.95 Å². The number of aryl methyl sites for hydroxylation is 1. The van der Waals surface area contributed by atoms with E-state index in [9.17, 15) is 22.4 Å². The minimum Gasteiger partial charge on any atom is -0.357 e. The number of alkyl halides is 3. The van der Waals surface area contributed by atoms with Gasteiger partial charge in [-0.05, 0) is 48.6 Å². The Bertz CT molecular complexity index is 1200. The van der Waals surface area contributed by atoms with Gasteiger partial charge in [-0.15, -0.1) is 0 Å². The maximum atomic E-state index is 14.6. The molecule has 4 rings (SSSR count). The summed E-state index contributed by atoms with van der Waals surface area (Å²) >= 11 is 0. The van der Waals surface area contributed by atoms with Crippen LogP contribution >= 0.6 is 0 Å². The molecule has 1 atom stereocenters. The Morgan fingerprint density at radius 3 is 2.73 bits per heavy atom. The summed E-state index contributed by atoms with van der Waals surface area (Å²) in [7, 11) is 1.70. The number of benzene rings is 1. The number of nitrogens with zero attached hydrogens (tertiary/aromatic N) is 4. The predicted molar refractivity (Wildman–Crippen MR) is 116 cm³/mol. The Kier molecular flexibility index (Phi) is 6.05. The predicted octanol–water partition coefficient (Wildman–Crippen LogP) is 4.99. The van der Waals surface area contributed by atoms with Crippen LogP contribution in [0.25, 0.3) is 22.2 Å². The van der Waals surface area contributed by atoms with Crippen LogP contribution in [0.4, 0.5) is 34.0 Å². The highest BCUT2D eigenvalue weighted by Crippen LogP contribution is 2.32. The van der Waals surface area contributed by atoms with E-state index in [4.69, 9.17) is 0 Å². The fourth-order valence-electron chi connectivity index (χ4n) is 3.98. The number of fused-ring (bicyclic) bond motifs is 1. The van der Waals surface area contributed by atoms with Crippen molar-refractivity contribution in [2.75, 3.05) is 30.8 Å². The number of aromatic nitrogens is 3. The molecule has 0 spiro atoms. The number of rotatable bonds is 4. The summed E-state index contributed by atoms with van der Waals surface area (Å²) in [6.45, 7) is 1.90. The van der Waals surface area contributed by atoms with Gasteiger partial charge in [-0.2, -0.15) is 18.2 Å². The van der Waals surface area contributed by atoms with Crippen LogP contribution in [0.2, 0.25) is 0 Å². The Balaban J connectivity index is 1.55. The van der Waals surface area contributed by atoms with Gasteiger partial charge in [-0.3, -0.25) is 0 Å². The van der Waals surface area contributed by atoms with E-state index in [2.05, 4.69) is 25.6 Å². The van der Waals surface area contributed by atoms with Gasteiger partial charge >= 0.3 is 12.2 Å². The van der Waals surface area contributed by atoms with Crippen molar-refractivity contribution >= 4 is 28.7 Å². The Morgan fingerprint density at radius 2 is 2.00 bits per heavy atom. The van der Waals surface area contributed by atoms with Crippen LogP contribution in [-0.2, 0) is 0 Å². The van der Waals surface area contributed by atoms with Gasteiger partial charge in [0.15, 0.2) is 5.65 Å². The number of likely N-dealkylation sites (tertiary alicyclic amines) is 1. The smallest absolute Gasteiger partial charge is 0.357 e. The second-order valence-electron chi connectivity index (χ2n) is 8.08. The number of nitrogens with one attached hydrogen (secondary N) is 2. The zero-order valence-electron chi connectivity index (χ0n) is 18.0. The van der Waals surface area contributed by atoms with Crippen LogP contribution in [0.3, 0.4) is 0 Å². The van der Waals surface area contributed by atoms with E-state index in [1.165, 1.54) is 17.0 Å². The molecule has 0 radical (unpaired) electrons. The third-order valence-electron chi connectivity index (χ3n) is 5.62. The van der Waals surface area contributed by atoms with E-state index in [0.717, 1.165) is 0 Å². The minimum absolute atomic E-state index is 0.0190. The van der Waals surface area contributed by atoms with Gasteiger partial charge in [0, 0.05) is 49.9 Å². The molecule has 3 aromatic rings.